The monoisotopic (exact) mass is 296 g/mol. The Morgan fingerprint density at radius 1 is 1.35 bits per heavy atom. The Balaban J connectivity index is 2.34. The van der Waals surface area contributed by atoms with Crippen molar-refractivity contribution in [1.82, 2.24) is 0 Å². The van der Waals surface area contributed by atoms with Gasteiger partial charge in [-0.3, -0.25) is 4.31 Å². The number of para-hydroxylation sites is 1. The average Bonchev–Trinajstić information content (AvgIpc) is 2.57. The highest BCUT2D eigenvalue weighted by Crippen LogP contribution is 2.33. The molecule has 4 nitrogen and oxygen atoms in total. The van der Waals surface area contributed by atoms with Crippen molar-refractivity contribution >= 4 is 15.7 Å². The zero-order chi connectivity index (χ0) is 14.8. The number of fused-ring (bicyclic) bond motifs is 1. The van der Waals surface area contributed by atoms with E-state index < -0.39 is 10.0 Å². The smallest absolute Gasteiger partial charge is 0.235 e. The van der Waals surface area contributed by atoms with Gasteiger partial charge in [0.25, 0.3) is 0 Å². The zero-order valence-corrected chi connectivity index (χ0v) is 13.1. The van der Waals surface area contributed by atoms with Gasteiger partial charge in [-0.25, -0.2) is 8.42 Å². The minimum atomic E-state index is -3.26. The van der Waals surface area contributed by atoms with E-state index in [-0.39, 0.29) is 11.8 Å². The molecule has 5 heteroatoms. The third-order valence-electron chi connectivity index (χ3n) is 3.77. The van der Waals surface area contributed by atoms with Crippen molar-refractivity contribution < 1.29 is 8.42 Å². The number of nitrogens with zero attached hydrogens (tertiary/aromatic N) is 1. The zero-order valence-electron chi connectivity index (χ0n) is 12.2. The van der Waals surface area contributed by atoms with E-state index >= 15 is 0 Å². The molecule has 0 saturated heterocycles. The molecular formula is C15H24N2O2S. The van der Waals surface area contributed by atoms with Crippen LogP contribution in [0, 0.1) is 5.92 Å². The summed E-state index contributed by atoms with van der Waals surface area (Å²) in [6, 6.07) is 7.53. The van der Waals surface area contributed by atoms with Gasteiger partial charge < -0.3 is 5.73 Å². The number of hydrogen-bond donors (Lipinski definition) is 1. The summed E-state index contributed by atoms with van der Waals surface area (Å²) < 4.78 is 26.8. The molecule has 1 unspecified atom stereocenters. The Bertz CT molecular complexity index is 555. The second-order valence-electron chi connectivity index (χ2n) is 5.88. The quantitative estimate of drug-likeness (QED) is 0.929. The first-order valence-electron chi connectivity index (χ1n) is 7.26. The lowest BCUT2D eigenvalue weighted by Crippen LogP contribution is -2.34. The van der Waals surface area contributed by atoms with Crippen molar-refractivity contribution in [3.63, 3.8) is 0 Å². The maximum absolute atomic E-state index is 12.6. The molecule has 0 saturated carbocycles. The highest BCUT2D eigenvalue weighted by Gasteiger charge is 2.28. The molecule has 112 valence electrons. The van der Waals surface area contributed by atoms with Crippen molar-refractivity contribution in [3.05, 3.63) is 29.8 Å². The topological polar surface area (TPSA) is 63.4 Å². The Morgan fingerprint density at radius 3 is 2.75 bits per heavy atom. The first-order chi connectivity index (χ1) is 9.42. The van der Waals surface area contributed by atoms with Gasteiger partial charge in [0.2, 0.25) is 10.0 Å². The third-order valence-corrected chi connectivity index (χ3v) is 5.57. The Labute approximate surface area is 122 Å². The predicted octanol–water partition coefficient (Wildman–Crippen LogP) is 2.66. The molecule has 0 fully saturated rings. The van der Waals surface area contributed by atoms with E-state index in [0.29, 0.717) is 18.9 Å². The van der Waals surface area contributed by atoms with E-state index in [1.165, 1.54) is 0 Å². The highest BCUT2D eigenvalue weighted by atomic mass is 32.2. The second kappa shape index (κ2) is 6.14. The summed E-state index contributed by atoms with van der Waals surface area (Å²) >= 11 is 0. The fourth-order valence-corrected chi connectivity index (χ4v) is 4.41. The largest absolute Gasteiger partial charge is 0.324 e. The molecule has 1 heterocycles. The summed E-state index contributed by atoms with van der Waals surface area (Å²) in [6.07, 6.45) is 2.32. The summed E-state index contributed by atoms with van der Waals surface area (Å²) in [7, 11) is -3.26. The molecule has 2 N–H and O–H groups in total. The maximum atomic E-state index is 12.6. The lowest BCUT2D eigenvalue weighted by Gasteiger charge is -2.25. The number of rotatable bonds is 4. The summed E-state index contributed by atoms with van der Waals surface area (Å²) in [6.45, 7) is 4.62. The van der Waals surface area contributed by atoms with Crippen molar-refractivity contribution in [3.8, 4) is 0 Å². The number of nitrogens with two attached hydrogens (primary N) is 1. The normalized spacial score (nSPS) is 19.8. The van der Waals surface area contributed by atoms with Crippen molar-refractivity contribution in [2.45, 2.75) is 39.2 Å². The van der Waals surface area contributed by atoms with Crippen LogP contribution >= 0.6 is 0 Å². The lowest BCUT2D eigenvalue weighted by molar-refractivity contribution is 0.567. The molecule has 1 aromatic rings. The minimum absolute atomic E-state index is 0.0727. The van der Waals surface area contributed by atoms with Crippen LogP contribution in [-0.2, 0) is 10.0 Å². The van der Waals surface area contributed by atoms with Crippen LogP contribution in [0.25, 0.3) is 0 Å². The van der Waals surface area contributed by atoms with Crippen LogP contribution in [-0.4, -0.2) is 20.7 Å². The molecule has 0 radical (unpaired) electrons. The standard InChI is InChI=1S/C15H24N2O2S/c1-12(2)9-11-20(18,19)17-10-5-7-14(16)13-6-3-4-8-15(13)17/h3-4,6,8,12,14H,5,7,9-11,16H2,1-2H3. The van der Waals surface area contributed by atoms with Gasteiger partial charge in [0.15, 0.2) is 0 Å². The van der Waals surface area contributed by atoms with Gasteiger partial charge in [0.1, 0.15) is 0 Å². The first kappa shape index (κ1) is 15.3. The van der Waals surface area contributed by atoms with Gasteiger partial charge in [-0.1, -0.05) is 32.0 Å². The van der Waals surface area contributed by atoms with Crippen LogP contribution in [0.1, 0.15) is 44.7 Å². The number of benzene rings is 1. The number of anilines is 1. The molecule has 0 aliphatic carbocycles. The lowest BCUT2D eigenvalue weighted by atomic mass is 10.0. The Morgan fingerprint density at radius 2 is 2.05 bits per heavy atom. The van der Waals surface area contributed by atoms with E-state index in [9.17, 15) is 8.42 Å². The molecule has 1 atom stereocenters. The molecule has 1 aliphatic heterocycles. The third kappa shape index (κ3) is 3.33. The van der Waals surface area contributed by atoms with Gasteiger partial charge in [0.05, 0.1) is 11.4 Å². The average molecular weight is 296 g/mol. The van der Waals surface area contributed by atoms with E-state index in [1.54, 1.807) is 4.31 Å². The van der Waals surface area contributed by atoms with Crippen LogP contribution in [0.4, 0.5) is 5.69 Å². The van der Waals surface area contributed by atoms with Crippen LogP contribution in [0.15, 0.2) is 24.3 Å². The maximum Gasteiger partial charge on any atom is 0.235 e. The predicted molar refractivity (Wildman–Crippen MR) is 83.2 cm³/mol. The number of hydrogen-bond acceptors (Lipinski definition) is 3. The molecule has 2 rings (SSSR count). The molecule has 1 aliphatic rings. The van der Waals surface area contributed by atoms with Crippen molar-refractivity contribution in [2.75, 3.05) is 16.6 Å². The van der Waals surface area contributed by atoms with E-state index in [4.69, 9.17) is 5.73 Å². The molecular weight excluding hydrogens is 272 g/mol. The summed E-state index contributed by atoms with van der Waals surface area (Å²) in [5.41, 5.74) is 7.86. The van der Waals surface area contributed by atoms with Crippen molar-refractivity contribution in [1.29, 1.82) is 0 Å². The van der Waals surface area contributed by atoms with Crippen LogP contribution in [0.3, 0.4) is 0 Å². The van der Waals surface area contributed by atoms with E-state index in [2.05, 4.69) is 0 Å². The van der Waals surface area contributed by atoms with Gasteiger partial charge in [-0.15, -0.1) is 0 Å². The highest BCUT2D eigenvalue weighted by molar-refractivity contribution is 7.92. The molecule has 0 amide bonds. The van der Waals surface area contributed by atoms with Gasteiger partial charge in [-0.05, 0) is 36.8 Å². The van der Waals surface area contributed by atoms with E-state index in [0.717, 1.165) is 24.1 Å². The van der Waals surface area contributed by atoms with Gasteiger partial charge in [0, 0.05) is 12.6 Å². The summed E-state index contributed by atoms with van der Waals surface area (Å²) in [5, 5.41) is 0. The fraction of sp³-hybridized carbons (Fsp3) is 0.600. The van der Waals surface area contributed by atoms with Crippen LogP contribution in [0.2, 0.25) is 0 Å². The summed E-state index contributed by atoms with van der Waals surface area (Å²) in [5.74, 6) is 0.586. The fourth-order valence-electron chi connectivity index (χ4n) is 2.54. The molecule has 1 aromatic carbocycles. The van der Waals surface area contributed by atoms with Crippen LogP contribution < -0.4 is 10.0 Å². The van der Waals surface area contributed by atoms with Gasteiger partial charge in [-0.2, -0.15) is 0 Å². The van der Waals surface area contributed by atoms with Gasteiger partial charge >= 0.3 is 0 Å². The number of sulfonamides is 1. The molecule has 0 bridgehead atoms. The first-order valence-corrected chi connectivity index (χ1v) is 8.87. The van der Waals surface area contributed by atoms with Crippen LogP contribution in [0.5, 0.6) is 0 Å². The Kier molecular flexibility index (Phi) is 4.70. The summed E-state index contributed by atoms with van der Waals surface area (Å²) in [4.78, 5) is 0. The van der Waals surface area contributed by atoms with E-state index in [1.807, 2.05) is 38.1 Å². The second-order valence-corrected chi connectivity index (χ2v) is 7.89. The molecule has 20 heavy (non-hydrogen) atoms. The SMILES string of the molecule is CC(C)CCS(=O)(=O)N1CCCC(N)c2ccccc21. The molecule has 0 aromatic heterocycles. The van der Waals surface area contributed by atoms with Crippen molar-refractivity contribution in [2.24, 2.45) is 11.7 Å². The minimum Gasteiger partial charge on any atom is -0.324 e. The Hall–Kier alpha value is -1.07. The molecule has 0 spiro atoms.